The van der Waals surface area contributed by atoms with E-state index in [1.165, 1.54) is 0 Å². The zero-order valence-corrected chi connectivity index (χ0v) is 10.2. The Labute approximate surface area is 98.6 Å². The van der Waals surface area contributed by atoms with Gasteiger partial charge in [-0.3, -0.25) is 0 Å². The Morgan fingerprint density at radius 1 is 0.824 bits per heavy atom. The van der Waals surface area contributed by atoms with Crippen LogP contribution in [0.4, 0.5) is 22.0 Å². The summed E-state index contributed by atoms with van der Waals surface area (Å²) in [5, 5.41) is 0. The molecule has 2 N–H and O–H groups in total. The molecule has 104 valence electrons. The van der Waals surface area contributed by atoms with Gasteiger partial charge in [-0.2, -0.15) is 22.0 Å². The Hall–Kier alpha value is -0.390. The summed E-state index contributed by atoms with van der Waals surface area (Å²) < 4.78 is 63.8. The van der Waals surface area contributed by atoms with Crippen molar-refractivity contribution >= 4 is 0 Å². The van der Waals surface area contributed by atoms with E-state index in [1.807, 2.05) is 0 Å². The minimum atomic E-state index is -5.58. The Morgan fingerprint density at radius 2 is 1.18 bits per heavy atom. The molecule has 0 aromatic rings. The highest BCUT2D eigenvalue weighted by molar-refractivity contribution is 5.01. The van der Waals surface area contributed by atoms with E-state index in [1.54, 1.807) is 13.8 Å². The molecule has 0 heterocycles. The summed E-state index contributed by atoms with van der Waals surface area (Å²) in [6, 6.07) is 0. The fourth-order valence-electron chi connectivity index (χ4n) is 1.71. The van der Waals surface area contributed by atoms with Gasteiger partial charge >= 0.3 is 12.1 Å². The van der Waals surface area contributed by atoms with Crippen molar-refractivity contribution in [2.45, 2.75) is 70.0 Å². The Kier molecular flexibility index (Phi) is 5.84. The summed E-state index contributed by atoms with van der Waals surface area (Å²) >= 11 is 0. The minimum absolute atomic E-state index is 0.270. The molecule has 0 saturated heterocycles. The third-order valence-electron chi connectivity index (χ3n) is 2.93. The Bertz CT molecular complexity index is 216. The minimum Gasteiger partial charge on any atom is -0.320 e. The standard InChI is InChI=1S/C11H20F5N/c1-3-5-7-9(17,8-6-4-2)10(12,13)11(14,15)16/h3-8,17H2,1-2H3. The van der Waals surface area contributed by atoms with Crippen molar-refractivity contribution in [1.82, 2.24) is 0 Å². The van der Waals surface area contributed by atoms with Gasteiger partial charge in [0, 0.05) is 0 Å². The lowest BCUT2D eigenvalue weighted by molar-refractivity contribution is -0.309. The topological polar surface area (TPSA) is 26.0 Å². The third-order valence-corrected chi connectivity index (χ3v) is 2.93. The van der Waals surface area contributed by atoms with Gasteiger partial charge in [-0.05, 0) is 12.8 Å². The molecule has 0 rings (SSSR count). The van der Waals surface area contributed by atoms with Crippen molar-refractivity contribution < 1.29 is 22.0 Å². The normalized spacial score (nSPS) is 14.1. The maximum absolute atomic E-state index is 13.4. The first-order valence-corrected chi connectivity index (χ1v) is 5.85. The van der Waals surface area contributed by atoms with Crippen molar-refractivity contribution in [3.8, 4) is 0 Å². The molecule has 17 heavy (non-hydrogen) atoms. The zero-order valence-electron chi connectivity index (χ0n) is 10.2. The monoisotopic (exact) mass is 261 g/mol. The van der Waals surface area contributed by atoms with Crippen LogP contribution in [-0.4, -0.2) is 17.6 Å². The van der Waals surface area contributed by atoms with E-state index in [2.05, 4.69) is 0 Å². The zero-order chi connectivity index (χ0) is 13.7. The van der Waals surface area contributed by atoms with Gasteiger partial charge in [0.2, 0.25) is 0 Å². The molecule has 0 saturated carbocycles. The molecule has 0 aliphatic carbocycles. The SMILES string of the molecule is CCCCC(N)(CCCC)C(F)(F)C(F)(F)F. The molecule has 0 fully saturated rings. The number of halogens is 5. The highest BCUT2D eigenvalue weighted by atomic mass is 19.4. The first kappa shape index (κ1) is 16.6. The molecule has 1 nitrogen and oxygen atoms in total. The number of rotatable bonds is 7. The van der Waals surface area contributed by atoms with E-state index in [0.717, 1.165) is 0 Å². The highest BCUT2D eigenvalue weighted by Gasteiger charge is 2.67. The molecule has 0 aliphatic heterocycles. The van der Waals surface area contributed by atoms with Crippen LogP contribution in [0.2, 0.25) is 0 Å². The van der Waals surface area contributed by atoms with Gasteiger partial charge in [0.05, 0.1) is 5.54 Å². The van der Waals surface area contributed by atoms with Crippen molar-refractivity contribution in [2.24, 2.45) is 5.73 Å². The first-order valence-electron chi connectivity index (χ1n) is 5.85. The van der Waals surface area contributed by atoms with Gasteiger partial charge in [0.15, 0.2) is 0 Å². The van der Waals surface area contributed by atoms with Crippen molar-refractivity contribution in [3.05, 3.63) is 0 Å². The van der Waals surface area contributed by atoms with Crippen LogP contribution in [0.25, 0.3) is 0 Å². The number of hydrogen-bond acceptors (Lipinski definition) is 1. The number of unbranched alkanes of at least 4 members (excludes halogenated alkanes) is 2. The van der Waals surface area contributed by atoms with Crippen molar-refractivity contribution in [3.63, 3.8) is 0 Å². The van der Waals surface area contributed by atoms with Crippen LogP contribution < -0.4 is 5.73 Å². The molecule has 6 heteroatoms. The summed E-state index contributed by atoms with van der Waals surface area (Å²) in [7, 11) is 0. The first-order chi connectivity index (χ1) is 7.62. The lowest BCUT2D eigenvalue weighted by Gasteiger charge is -2.38. The molecule has 0 aromatic heterocycles. The average Bonchev–Trinajstić information content (AvgIpc) is 2.21. The number of alkyl halides is 5. The van der Waals surface area contributed by atoms with Gasteiger partial charge in [-0.25, -0.2) is 0 Å². The van der Waals surface area contributed by atoms with Crippen LogP contribution in [-0.2, 0) is 0 Å². The molecular weight excluding hydrogens is 241 g/mol. The van der Waals surface area contributed by atoms with Gasteiger partial charge in [0.1, 0.15) is 0 Å². The Balaban J connectivity index is 5.00. The summed E-state index contributed by atoms with van der Waals surface area (Å²) in [6.07, 6.45) is -4.58. The molecule has 0 amide bonds. The van der Waals surface area contributed by atoms with E-state index in [4.69, 9.17) is 5.73 Å². The molecule has 0 radical (unpaired) electrons. The third kappa shape index (κ3) is 3.79. The number of hydrogen-bond donors (Lipinski definition) is 1. The molecule has 0 unspecified atom stereocenters. The van der Waals surface area contributed by atoms with Gasteiger partial charge < -0.3 is 5.73 Å². The largest absolute Gasteiger partial charge is 0.455 e. The fraction of sp³-hybridized carbons (Fsp3) is 1.00. The van der Waals surface area contributed by atoms with E-state index in [-0.39, 0.29) is 25.7 Å². The average molecular weight is 261 g/mol. The predicted molar refractivity (Wildman–Crippen MR) is 57.0 cm³/mol. The van der Waals surface area contributed by atoms with E-state index >= 15 is 0 Å². The van der Waals surface area contributed by atoms with Gasteiger partial charge in [0.25, 0.3) is 0 Å². The smallest absolute Gasteiger partial charge is 0.320 e. The fourth-order valence-corrected chi connectivity index (χ4v) is 1.71. The lowest BCUT2D eigenvalue weighted by atomic mass is 9.82. The molecule has 0 spiro atoms. The number of nitrogens with two attached hydrogens (primary N) is 1. The molecule has 0 aliphatic rings. The van der Waals surface area contributed by atoms with Crippen LogP contribution in [0.1, 0.15) is 52.4 Å². The Morgan fingerprint density at radius 3 is 1.41 bits per heavy atom. The molecule has 0 aromatic carbocycles. The second kappa shape index (κ2) is 5.98. The van der Waals surface area contributed by atoms with Crippen molar-refractivity contribution in [2.75, 3.05) is 0 Å². The summed E-state index contributed by atoms with van der Waals surface area (Å²) in [5.74, 6) is -4.83. The molecule has 0 atom stereocenters. The van der Waals surface area contributed by atoms with Gasteiger partial charge in [-0.15, -0.1) is 0 Å². The van der Waals surface area contributed by atoms with Crippen LogP contribution in [0, 0.1) is 0 Å². The van der Waals surface area contributed by atoms with Crippen LogP contribution in [0.5, 0.6) is 0 Å². The molecular formula is C11H20F5N. The van der Waals surface area contributed by atoms with Crippen LogP contribution in [0.15, 0.2) is 0 Å². The van der Waals surface area contributed by atoms with E-state index < -0.39 is 17.6 Å². The maximum Gasteiger partial charge on any atom is 0.455 e. The second-order valence-corrected chi connectivity index (χ2v) is 4.44. The molecule has 0 bridgehead atoms. The van der Waals surface area contributed by atoms with E-state index in [9.17, 15) is 22.0 Å². The predicted octanol–water partition coefficient (Wildman–Crippen LogP) is 4.26. The quantitative estimate of drug-likeness (QED) is 0.681. The van der Waals surface area contributed by atoms with Crippen molar-refractivity contribution in [1.29, 1.82) is 0 Å². The van der Waals surface area contributed by atoms with Gasteiger partial charge in [-0.1, -0.05) is 39.5 Å². The van der Waals surface area contributed by atoms with E-state index in [0.29, 0.717) is 12.8 Å². The summed E-state index contributed by atoms with van der Waals surface area (Å²) in [4.78, 5) is 0. The maximum atomic E-state index is 13.4. The highest BCUT2D eigenvalue weighted by Crippen LogP contribution is 2.46. The summed E-state index contributed by atoms with van der Waals surface area (Å²) in [5.41, 5.74) is 2.89. The second-order valence-electron chi connectivity index (χ2n) is 4.44. The summed E-state index contributed by atoms with van der Waals surface area (Å²) in [6.45, 7) is 3.46. The van der Waals surface area contributed by atoms with Crippen LogP contribution in [0.3, 0.4) is 0 Å². The lowest BCUT2D eigenvalue weighted by Crippen LogP contribution is -2.62. The van der Waals surface area contributed by atoms with Crippen LogP contribution >= 0.6 is 0 Å².